The van der Waals surface area contributed by atoms with E-state index in [1.54, 1.807) is 0 Å². The van der Waals surface area contributed by atoms with Gasteiger partial charge in [0, 0.05) is 7.11 Å². The zero-order valence-corrected chi connectivity index (χ0v) is 8.36. The van der Waals surface area contributed by atoms with Gasteiger partial charge in [0.25, 0.3) is 0 Å². The Kier molecular flexibility index (Phi) is 6.02. The molecule has 0 saturated carbocycles. The van der Waals surface area contributed by atoms with Crippen molar-refractivity contribution in [3.8, 4) is 0 Å². The second-order valence-corrected chi connectivity index (χ2v) is 2.79. The van der Waals surface area contributed by atoms with E-state index in [1.165, 1.54) is 0 Å². The van der Waals surface area contributed by atoms with Crippen molar-refractivity contribution in [2.24, 2.45) is 0 Å². The number of carbonyl (C=O) groups is 2. The molecule has 7 heteroatoms. The van der Waals surface area contributed by atoms with Gasteiger partial charge in [-0.2, -0.15) is 0 Å². The molecule has 0 radical (unpaired) electrons. The van der Waals surface area contributed by atoms with Gasteiger partial charge in [0.1, 0.15) is 18.3 Å². The van der Waals surface area contributed by atoms with Gasteiger partial charge in [-0.25, -0.2) is 4.79 Å². The second-order valence-electron chi connectivity index (χ2n) is 2.79. The van der Waals surface area contributed by atoms with Crippen LogP contribution in [0.15, 0.2) is 0 Å². The smallest absolute Gasteiger partial charge is 0.337 e. The molecular formula is C8H14O7. The summed E-state index contributed by atoms with van der Waals surface area (Å²) >= 11 is 0. The molecule has 0 bridgehead atoms. The van der Waals surface area contributed by atoms with Crippen LogP contribution >= 0.6 is 0 Å². The number of hydrogen-bond acceptors (Lipinski definition) is 7. The SMILES string of the molecule is COC(=O)[C@@H](O)[C@@H](OC)[C@H](O)[C@@H](O)C=O. The van der Waals surface area contributed by atoms with Crippen molar-refractivity contribution in [2.75, 3.05) is 14.2 Å². The van der Waals surface area contributed by atoms with E-state index in [0.29, 0.717) is 0 Å². The van der Waals surface area contributed by atoms with Crippen LogP contribution in [0.4, 0.5) is 0 Å². The standard InChI is InChI=1S/C8H14O7/c1-14-7(5(11)4(10)3-9)6(12)8(13)15-2/h3-7,10-12H,1-2H3/t4-,5+,6-,7-/m0/s1. The second kappa shape index (κ2) is 6.46. The van der Waals surface area contributed by atoms with Crippen LogP contribution < -0.4 is 0 Å². The molecule has 0 aromatic carbocycles. The fraction of sp³-hybridized carbons (Fsp3) is 0.750. The Hall–Kier alpha value is -1.02. The minimum Gasteiger partial charge on any atom is -0.467 e. The van der Waals surface area contributed by atoms with Gasteiger partial charge in [-0.3, -0.25) is 0 Å². The van der Waals surface area contributed by atoms with Crippen molar-refractivity contribution in [1.29, 1.82) is 0 Å². The lowest BCUT2D eigenvalue weighted by Crippen LogP contribution is -2.49. The summed E-state index contributed by atoms with van der Waals surface area (Å²) in [6, 6.07) is 0. The number of rotatable bonds is 6. The zero-order chi connectivity index (χ0) is 12.0. The molecule has 4 atom stereocenters. The number of aliphatic hydroxyl groups excluding tert-OH is 3. The Morgan fingerprint density at radius 1 is 1.27 bits per heavy atom. The first-order chi connectivity index (χ1) is 6.99. The molecule has 88 valence electrons. The minimum absolute atomic E-state index is 0.0701. The van der Waals surface area contributed by atoms with Gasteiger partial charge < -0.3 is 29.6 Å². The highest BCUT2D eigenvalue weighted by Crippen LogP contribution is 2.09. The molecule has 15 heavy (non-hydrogen) atoms. The molecule has 0 saturated heterocycles. The highest BCUT2D eigenvalue weighted by atomic mass is 16.6. The highest BCUT2D eigenvalue weighted by molar-refractivity contribution is 5.75. The van der Waals surface area contributed by atoms with Gasteiger partial charge in [0.15, 0.2) is 12.4 Å². The predicted octanol–water partition coefficient (Wildman–Crippen LogP) is -2.54. The average molecular weight is 222 g/mol. The van der Waals surface area contributed by atoms with Crippen LogP contribution in [0.5, 0.6) is 0 Å². The van der Waals surface area contributed by atoms with Crippen molar-refractivity contribution in [3.63, 3.8) is 0 Å². The van der Waals surface area contributed by atoms with Crippen LogP contribution in [-0.4, -0.2) is 66.2 Å². The Morgan fingerprint density at radius 3 is 2.13 bits per heavy atom. The summed E-state index contributed by atoms with van der Waals surface area (Å²) in [5.74, 6) is -1.03. The molecule has 0 amide bonds. The molecule has 0 aliphatic heterocycles. The van der Waals surface area contributed by atoms with Crippen molar-refractivity contribution < 1.29 is 34.4 Å². The quantitative estimate of drug-likeness (QED) is 0.335. The van der Waals surface area contributed by atoms with E-state index in [1.807, 2.05) is 0 Å². The molecule has 0 spiro atoms. The summed E-state index contributed by atoms with van der Waals surface area (Å²) in [5.41, 5.74) is 0. The molecule has 0 aliphatic carbocycles. The lowest BCUT2D eigenvalue weighted by atomic mass is 10.0. The maximum atomic E-state index is 10.9. The third kappa shape index (κ3) is 3.56. The van der Waals surface area contributed by atoms with E-state index in [2.05, 4.69) is 9.47 Å². The van der Waals surface area contributed by atoms with Gasteiger partial charge in [-0.15, -0.1) is 0 Å². The Balaban J connectivity index is 4.59. The largest absolute Gasteiger partial charge is 0.467 e. The van der Waals surface area contributed by atoms with Crippen LogP contribution in [0.2, 0.25) is 0 Å². The summed E-state index contributed by atoms with van der Waals surface area (Å²) in [7, 11) is 2.15. The first-order valence-electron chi connectivity index (χ1n) is 4.09. The summed E-state index contributed by atoms with van der Waals surface area (Å²) in [6.07, 6.45) is -6.58. The Bertz CT molecular complexity index is 217. The maximum absolute atomic E-state index is 10.9. The van der Waals surface area contributed by atoms with Crippen LogP contribution in [0, 0.1) is 0 Å². The Labute approximate surface area is 86.2 Å². The average Bonchev–Trinajstić information content (AvgIpc) is 2.27. The maximum Gasteiger partial charge on any atom is 0.337 e. The van der Waals surface area contributed by atoms with Gasteiger partial charge >= 0.3 is 5.97 Å². The molecule has 0 rings (SSSR count). The molecule has 0 aromatic rings. The molecular weight excluding hydrogens is 208 g/mol. The van der Waals surface area contributed by atoms with E-state index in [0.717, 1.165) is 14.2 Å². The third-order valence-electron chi connectivity index (χ3n) is 1.85. The fourth-order valence-corrected chi connectivity index (χ4v) is 0.985. The first-order valence-corrected chi connectivity index (χ1v) is 4.09. The van der Waals surface area contributed by atoms with E-state index >= 15 is 0 Å². The summed E-state index contributed by atoms with van der Waals surface area (Å²) in [4.78, 5) is 21.1. The van der Waals surface area contributed by atoms with Gasteiger partial charge in [-0.05, 0) is 0 Å². The zero-order valence-electron chi connectivity index (χ0n) is 8.36. The number of hydrogen-bond donors (Lipinski definition) is 3. The van der Waals surface area contributed by atoms with Crippen LogP contribution in [0.3, 0.4) is 0 Å². The first kappa shape index (κ1) is 14.0. The van der Waals surface area contributed by atoms with Crippen LogP contribution in [0.1, 0.15) is 0 Å². The number of carbonyl (C=O) groups excluding carboxylic acids is 2. The number of esters is 1. The summed E-state index contributed by atoms with van der Waals surface area (Å²) in [6.45, 7) is 0. The van der Waals surface area contributed by atoms with E-state index in [9.17, 15) is 19.8 Å². The predicted molar refractivity (Wildman–Crippen MR) is 46.9 cm³/mol. The topological polar surface area (TPSA) is 113 Å². The Morgan fingerprint density at radius 2 is 1.80 bits per heavy atom. The molecule has 0 aromatic heterocycles. The fourth-order valence-electron chi connectivity index (χ4n) is 0.985. The number of methoxy groups -OCH3 is 2. The molecule has 0 unspecified atom stereocenters. The minimum atomic E-state index is -1.77. The molecule has 7 nitrogen and oxygen atoms in total. The van der Waals surface area contributed by atoms with E-state index in [-0.39, 0.29) is 6.29 Å². The lowest BCUT2D eigenvalue weighted by molar-refractivity contribution is -0.170. The van der Waals surface area contributed by atoms with E-state index < -0.39 is 30.4 Å². The van der Waals surface area contributed by atoms with Crippen LogP contribution in [-0.2, 0) is 19.1 Å². The van der Waals surface area contributed by atoms with E-state index in [4.69, 9.17) is 5.11 Å². The van der Waals surface area contributed by atoms with Gasteiger partial charge in [0.2, 0.25) is 0 Å². The highest BCUT2D eigenvalue weighted by Gasteiger charge is 2.36. The molecule has 0 aliphatic rings. The van der Waals surface area contributed by atoms with Crippen molar-refractivity contribution >= 4 is 12.3 Å². The normalized spacial score (nSPS) is 18.7. The molecule has 0 fully saturated rings. The monoisotopic (exact) mass is 222 g/mol. The number of ether oxygens (including phenoxy) is 2. The van der Waals surface area contributed by atoms with Crippen molar-refractivity contribution in [1.82, 2.24) is 0 Å². The lowest BCUT2D eigenvalue weighted by Gasteiger charge is -2.25. The number of aliphatic hydroxyl groups is 3. The summed E-state index contributed by atoms with van der Waals surface area (Å²) < 4.78 is 8.81. The van der Waals surface area contributed by atoms with Gasteiger partial charge in [-0.1, -0.05) is 0 Å². The molecule has 0 heterocycles. The van der Waals surface area contributed by atoms with Gasteiger partial charge in [0.05, 0.1) is 7.11 Å². The third-order valence-corrected chi connectivity index (χ3v) is 1.85. The van der Waals surface area contributed by atoms with Crippen LogP contribution in [0.25, 0.3) is 0 Å². The summed E-state index contributed by atoms with van der Waals surface area (Å²) in [5, 5.41) is 27.6. The molecule has 3 N–H and O–H groups in total. The number of aldehydes is 1. The van der Waals surface area contributed by atoms with Crippen molar-refractivity contribution in [2.45, 2.75) is 24.4 Å². The van der Waals surface area contributed by atoms with Crippen molar-refractivity contribution in [3.05, 3.63) is 0 Å².